The first-order valence-electron chi connectivity index (χ1n) is 11.3. The van der Waals surface area contributed by atoms with Crippen LogP contribution >= 0.6 is 0 Å². The smallest absolute Gasteiger partial charge is 0.317 e. The highest BCUT2D eigenvalue weighted by Crippen LogP contribution is 2.37. The zero-order chi connectivity index (χ0) is 21.0. The van der Waals surface area contributed by atoms with Gasteiger partial charge in [-0.05, 0) is 62.1 Å². The zero-order valence-corrected chi connectivity index (χ0v) is 18.3. The molecule has 2 aromatic carbocycles. The average Bonchev–Trinajstić information content (AvgIpc) is 3.61. The quantitative estimate of drug-likeness (QED) is 0.684. The second-order valence-corrected chi connectivity index (χ2v) is 9.05. The molecule has 1 atom stereocenters. The van der Waals surface area contributed by atoms with E-state index in [9.17, 15) is 4.79 Å². The molecule has 2 aliphatic rings. The van der Waals surface area contributed by atoms with Gasteiger partial charge in [0, 0.05) is 31.7 Å². The van der Waals surface area contributed by atoms with Crippen LogP contribution in [0.2, 0.25) is 0 Å². The van der Waals surface area contributed by atoms with Crippen molar-refractivity contribution in [2.75, 3.05) is 26.3 Å². The van der Waals surface area contributed by atoms with Crippen LogP contribution in [0.15, 0.2) is 54.6 Å². The summed E-state index contributed by atoms with van der Waals surface area (Å²) in [4.78, 5) is 15.4. The van der Waals surface area contributed by atoms with Gasteiger partial charge in [-0.3, -0.25) is 0 Å². The summed E-state index contributed by atoms with van der Waals surface area (Å²) >= 11 is 0. The maximum atomic E-state index is 13.4. The van der Waals surface area contributed by atoms with Gasteiger partial charge in [-0.25, -0.2) is 4.79 Å². The number of hydrogen-bond acceptors (Lipinski definition) is 2. The van der Waals surface area contributed by atoms with Gasteiger partial charge >= 0.3 is 6.03 Å². The lowest BCUT2D eigenvalue weighted by atomic mass is 9.72. The summed E-state index contributed by atoms with van der Waals surface area (Å²) in [5.41, 5.74) is 3.77. The maximum Gasteiger partial charge on any atom is 0.317 e. The number of nitrogens with one attached hydrogen (secondary N) is 1. The van der Waals surface area contributed by atoms with E-state index >= 15 is 0 Å². The Morgan fingerprint density at radius 3 is 2.43 bits per heavy atom. The normalized spacial score (nSPS) is 19.1. The Balaban J connectivity index is 1.51. The van der Waals surface area contributed by atoms with Crippen LogP contribution in [-0.4, -0.2) is 37.2 Å². The van der Waals surface area contributed by atoms with Gasteiger partial charge < -0.3 is 15.0 Å². The number of amides is 2. The van der Waals surface area contributed by atoms with E-state index < -0.39 is 0 Å². The van der Waals surface area contributed by atoms with E-state index in [0.29, 0.717) is 12.5 Å². The summed E-state index contributed by atoms with van der Waals surface area (Å²) in [6.07, 6.45) is 4.34. The Hall–Kier alpha value is -2.33. The first-order chi connectivity index (χ1) is 14.6. The van der Waals surface area contributed by atoms with Crippen molar-refractivity contribution in [3.63, 3.8) is 0 Å². The summed E-state index contributed by atoms with van der Waals surface area (Å²) in [6, 6.07) is 19.1. The summed E-state index contributed by atoms with van der Waals surface area (Å²) in [5, 5.41) is 3.33. The van der Waals surface area contributed by atoms with E-state index in [2.05, 4.69) is 55.6 Å². The van der Waals surface area contributed by atoms with Gasteiger partial charge in [0.25, 0.3) is 0 Å². The Bertz CT molecular complexity index is 841. The third-order valence-electron chi connectivity index (χ3n) is 6.91. The van der Waals surface area contributed by atoms with Crippen LogP contribution < -0.4 is 5.32 Å². The largest absolute Gasteiger partial charge is 0.381 e. The molecule has 0 radical (unpaired) electrons. The van der Waals surface area contributed by atoms with Crippen LogP contribution in [0.3, 0.4) is 0 Å². The van der Waals surface area contributed by atoms with E-state index in [0.717, 1.165) is 32.6 Å². The molecule has 0 aromatic heterocycles. The SMILES string of the molecule is Cc1ccccc1C1(CNC(=O)N(CC2CC2)C(C)c2ccccc2)CCOCC1. The number of carbonyl (C=O) groups is 1. The molecule has 1 N–H and O–H groups in total. The topological polar surface area (TPSA) is 41.6 Å². The number of ether oxygens (including phenoxy) is 1. The van der Waals surface area contributed by atoms with Gasteiger partial charge in [0.15, 0.2) is 0 Å². The van der Waals surface area contributed by atoms with Gasteiger partial charge in [0.1, 0.15) is 0 Å². The molecule has 1 unspecified atom stereocenters. The Morgan fingerprint density at radius 2 is 1.77 bits per heavy atom. The van der Waals surface area contributed by atoms with Crippen molar-refractivity contribution in [2.45, 2.75) is 51.0 Å². The molecule has 0 spiro atoms. The monoisotopic (exact) mass is 406 g/mol. The molecule has 0 bridgehead atoms. The number of hydrogen-bond donors (Lipinski definition) is 1. The van der Waals surface area contributed by atoms with Crippen molar-refractivity contribution >= 4 is 6.03 Å². The van der Waals surface area contributed by atoms with E-state index in [4.69, 9.17) is 4.74 Å². The molecule has 30 heavy (non-hydrogen) atoms. The first-order valence-corrected chi connectivity index (χ1v) is 11.3. The van der Waals surface area contributed by atoms with E-state index in [-0.39, 0.29) is 17.5 Å². The molecular weight excluding hydrogens is 372 g/mol. The fourth-order valence-corrected chi connectivity index (χ4v) is 4.72. The number of aryl methyl sites for hydroxylation is 1. The van der Waals surface area contributed by atoms with Gasteiger partial charge in [-0.15, -0.1) is 0 Å². The van der Waals surface area contributed by atoms with Crippen LogP contribution in [0.4, 0.5) is 4.79 Å². The van der Waals surface area contributed by atoms with Crippen LogP contribution in [0, 0.1) is 12.8 Å². The van der Waals surface area contributed by atoms with E-state index in [1.165, 1.54) is 29.5 Å². The Labute approximate surface area is 180 Å². The van der Waals surface area contributed by atoms with Crippen molar-refractivity contribution < 1.29 is 9.53 Å². The van der Waals surface area contributed by atoms with Crippen molar-refractivity contribution in [1.82, 2.24) is 10.2 Å². The molecule has 1 aliphatic heterocycles. The number of benzene rings is 2. The summed E-state index contributed by atoms with van der Waals surface area (Å²) in [7, 11) is 0. The second kappa shape index (κ2) is 9.22. The Morgan fingerprint density at radius 1 is 1.10 bits per heavy atom. The third kappa shape index (κ3) is 4.70. The summed E-state index contributed by atoms with van der Waals surface area (Å²) in [6.45, 7) is 7.30. The predicted molar refractivity (Wildman–Crippen MR) is 121 cm³/mol. The molecule has 4 heteroatoms. The molecule has 2 fully saturated rings. The number of urea groups is 1. The molecule has 4 nitrogen and oxygen atoms in total. The van der Waals surface area contributed by atoms with E-state index in [1.54, 1.807) is 0 Å². The number of rotatable bonds is 7. The molecule has 2 amide bonds. The molecule has 4 rings (SSSR count). The maximum absolute atomic E-state index is 13.4. The second-order valence-electron chi connectivity index (χ2n) is 9.05. The van der Waals surface area contributed by atoms with Gasteiger partial charge in [0.2, 0.25) is 0 Å². The molecule has 160 valence electrons. The van der Waals surface area contributed by atoms with Gasteiger partial charge in [0.05, 0.1) is 6.04 Å². The minimum Gasteiger partial charge on any atom is -0.381 e. The number of carbonyl (C=O) groups excluding carboxylic acids is 1. The fraction of sp³-hybridized carbons (Fsp3) is 0.500. The average molecular weight is 407 g/mol. The highest BCUT2D eigenvalue weighted by molar-refractivity contribution is 5.75. The number of nitrogens with zero attached hydrogens (tertiary/aromatic N) is 1. The predicted octanol–water partition coefficient (Wildman–Crippen LogP) is 5.23. The highest BCUT2D eigenvalue weighted by Gasteiger charge is 2.37. The van der Waals surface area contributed by atoms with E-state index in [1.807, 2.05) is 23.1 Å². The van der Waals surface area contributed by atoms with Crippen molar-refractivity contribution in [3.05, 3.63) is 71.3 Å². The minimum absolute atomic E-state index is 0.0534. The van der Waals surface area contributed by atoms with Crippen LogP contribution in [0.25, 0.3) is 0 Å². The lowest BCUT2D eigenvalue weighted by Crippen LogP contribution is -2.49. The lowest BCUT2D eigenvalue weighted by molar-refractivity contribution is 0.0496. The Kier molecular flexibility index (Phi) is 6.43. The van der Waals surface area contributed by atoms with Crippen LogP contribution in [0.1, 0.15) is 55.3 Å². The molecule has 1 saturated carbocycles. The minimum atomic E-state index is -0.0551. The molecule has 1 aliphatic carbocycles. The first kappa shape index (κ1) is 20.9. The van der Waals surface area contributed by atoms with Crippen molar-refractivity contribution in [2.24, 2.45) is 5.92 Å². The van der Waals surface area contributed by atoms with Crippen molar-refractivity contribution in [1.29, 1.82) is 0 Å². The molecular formula is C26H34N2O2. The van der Waals surface area contributed by atoms with Crippen LogP contribution in [-0.2, 0) is 10.2 Å². The van der Waals surface area contributed by atoms with Crippen molar-refractivity contribution in [3.8, 4) is 0 Å². The highest BCUT2D eigenvalue weighted by atomic mass is 16.5. The van der Waals surface area contributed by atoms with Gasteiger partial charge in [-0.2, -0.15) is 0 Å². The lowest BCUT2D eigenvalue weighted by Gasteiger charge is -2.40. The van der Waals surface area contributed by atoms with Crippen LogP contribution in [0.5, 0.6) is 0 Å². The molecule has 1 saturated heterocycles. The zero-order valence-electron chi connectivity index (χ0n) is 18.3. The summed E-state index contributed by atoms with van der Waals surface area (Å²) in [5.74, 6) is 0.648. The standard InChI is InChI=1S/C26H34N2O2/c1-20-8-6-7-11-24(20)26(14-16-30-17-15-26)19-27-25(29)28(18-22-12-13-22)21(2)23-9-4-3-5-10-23/h3-11,21-22H,12-19H2,1-2H3,(H,27,29). The summed E-state index contributed by atoms with van der Waals surface area (Å²) < 4.78 is 5.67. The molecule has 2 aromatic rings. The molecule has 1 heterocycles. The fourth-order valence-electron chi connectivity index (χ4n) is 4.72. The van der Waals surface area contributed by atoms with Gasteiger partial charge in [-0.1, -0.05) is 54.6 Å². The third-order valence-corrected chi connectivity index (χ3v) is 6.91.